The number of nitrogens with zero attached hydrogens (tertiary/aromatic N) is 2. The van der Waals surface area contributed by atoms with E-state index in [0.29, 0.717) is 18.5 Å². The highest BCUT2D eigenvalue weighted by Crippen LogP contribution is 2.19. The number of urea groups is 1. The number of carbonyl (C=O) groups excluding carboxylic acids is 2. The number of Topliss-reactive ketones (excluding diaryl/α,β-unsaturated/α-hetero) is 1. The number of rotatable bonds is 2. The van der Waals surface area contributed by atoms with Gasteiger partial charge < -0.3 is 5.32 Å². The van der Waals surface area contributed by atoms with Gasteiger partial charge in [-0.1, -0.05) is 0 Å². The summed E-state index contributed by atoms with van der Waals surface area (Å²) in [6, 6.07) is -0.338. The van der Waals surface area contributed by atoms with Crippen molar-refractivity contribution in [3.8, 4) is 0 Å². The summed E-state index contributed by atoms with van der Waals surface area (Å²) < 4.78 is 0. The summed E-state index contributed by atoms with van der Waals surface area (Å²) in [5.41, 5.74) is 1.31. The molecule has 2 amide bonds. The van der Waals surface area contributed by atoms with Crippen LogP contribution < -0.4 is 10.6 Å². The molecule has 17 heavy (non-hydrogen) atoms. The molecule has 0 aromatic carbocycles. The number of hydrogen-bond donors (Lipinski definition) is 2. The van der Waals surface area contributed by atoms with Crippen LogP contribution in [0.25, 0.3) is 0 Å². The molecule has 6 heteroatoms. The molecule has 0 saturated carbocycles. The summed E-state index contributed by atoms with van der Waals surface area (Å²) in [5.74, 6) is 0.320. The van der Waals surface area contributed by atoms with Gasteiger partial charge in [0, 0.05) is 19.2 Å². The first-order valence-corrected chi connectivity index (χ1v) is 5.64. The molecule has 0 fully saturated rings. The van der Waals surface area contributed by atoms with Crippen molar-refractivity contribution in [3.63, 3.8) is 0 Å². The second-order valence-electron chi connectivity index (χ2n) is 3.82. The Bertz CT molecular complexity index is 459. The van der Waals surface area contributed by atoms with Gasteiger partial charge in [0.2, 0.25) is 5.95 Å². The van der Waals surface area contributed by atoms with E-state index in [0.717, 1.165) is 18.5 Å². The second-order valence-corrected chi connectivity index (χ2v) is 3.82. The van der Waals surface area contributed by atoms with Gasteiger partial charge in [-0.05, 0) is 19.8 Å². The van der Waals surface area contributed by atoms with E-state index in [1.54, 1.807) is 0 Å². The molecule has 2 N–H and O–H groups in total. The summed E-state index contributed by atoms with van der Waals surface area (Å²) in [6.45, 7) is 2.36. The molecular formula is C11H14N4O2. The summed E-state index contributed by atoms with van der Waals surface area (Å²) >= 11 is 0. The fourth-order valence-electron chi connectivity index (χ4n) is 1.76. The van der Waals surface area contributed by atoms with Gasteiger partial charge >= 0.3 is 6.03 Å². The highest BCUT2D eigenvalue weighted by molar-refractivity contribution is 5.98. The minimum absolute atomic E-state index is 0.0795. The van der Waals surface area contributed by atoms with Gasteiger partial charge in [0.25, 0.3) is 0 Å². The minimum atomic E-state index is -0.338. The number of fused-ring (bicyclic) bond motifs is 1. The van der Waals surface area contributed by atoms with Crippen molar-refractivity contribution in [3.05, 3.63) is 17.5 Å². The Morgan fingerprint density at radius 3 is 3.06 bits per heavy atom. The fourth-order valence-corrected chi connectivity index (χ4v) is 1.76. The third kappa shape index (κ3) is 2.58. The number of aryl methyl sites for hydroxylation is 1. The van der Waals surface area contributed by atoms with Gasteiger partial charge in [-0.2, -0.15) is 0 Å². The highest BCUT2D eigenvalue weighted by atomic mass is 16.2. The van der Waals surface area contributed by atoms with E-state index in [-0.39, 0.29) is 17.8 Å². The van der Waals surface area contributed by atoms with Gasteiger partial charge in [0.1, 0.15) is 0 Å². The molecule has 90 valence electrons. The van der Waals surface area contributed by atoms with Gasteiger partial charge in [0.15, 0.2) is 5.78 Å². The SMILES string of the molecule is CCNC(=O)Nc1ncc2c(n1)CCCC2=O. The first kappa shape index (κ1) is 11.5. The van der Waals surface area contributed by atoms with Crippen LogP contribution in [0.4, 0.5) is 10.7 Å². The lowest BCUT2D eigenvalue weighted by Gasteiger charge is -2.13. The van der Waals surface area contributed by atoms with Crippen LogP contribution in [0.15, 0.2) is 6.20 Å². The molecule has 0 saturated heterocycles. The van der Waals surface area contributed by atoms with Crippen molar-refractivity contribution >= 4 is 17.8 Å². The molecule has 1 aromatic rings. The predicted octanol–water partition coefficient (Wildman–Crippen LogP) is 1.14. The molecule has 1 aliphatic rings. The van der Waals surface area contributed by atoms with E-state index in [1.165, 1.54) is 6.20 Å². The number of nitrogens with one attached hydrogen (secondary N) is 2. The molecule has 0 radical (unpaired) electrons. The van der Waals surface area contributed by atoms with E-state index in [9.17, 15) is 9.59 Å². The third-order valence-electron chi connectivity index (χ3n) is 2.55. The van der Waals surface area contributed by atoms with Crippen molar-refractivity contribution in [1.82, 2.24) is 15.3 Å². The lowest BCUT2D eigenvalue weighted by Crippen LogP contribution is -2.29. The quantitative estimate of drug-likeness (QED) is 0.803. The minimum Gasteiger partial charge on any atom is -0.338 e. The normalized spacial score (nSPS) is 14.1. The maximum Gasteiger partial charge on any atom is 0.321 e. The average Bonchev–Trinajstić information content (AvgIpc) is 2.29. The molecule has 2 rings (SSSR count). The lowest BCUT2D eigenvalue weighted by molar-refractivity contribution is 0.0971. The smallest absolute Gasteiger partial charge is 0.321 e. The highest BCUT2D eigenvalue weighted by Gasteiger charge is 2.19. The molecule has 0 bridgehead atoms. The predicted molar refractivity (Wildman–Crippen MR) is 62.0 cm³/mol. The summed E-state index contributed by atoms with van der Waals surface area (Å²) in [6.07, 6.45) is 3.61. The molecule has 1 aliphatic carbocycles. The van der Waals surface area contributed by atoms with Gasteiger partial charge in [-0.15, -0.1) is 0 Å². The Morgan fingerprint density at radius 1 is 1.47 bits per heavy atom. The second kappa shape index (κ2) is 4.90. The zero-order chi connectivity index (χ0) is 12.3. The first-order chi connectivity index (χ1) is 8.20. The van der Waals surface area contributed by atoms with Crippen LogP contribution in [0, 0.1) is 0 Å². The van der Waals surface area contributed by atoms with Crippen LogP contribution in [-0.2, 0) is 6.42 Å². The van der Waals surface area contributed by atoms with Crippen molar-refractivity contribution in [1.29, 1.82) is 0 Å². The van der Waals surface area contributed by atoms with Crippen molar-refractivity contribution in [2.24, 2.45) is 0 Å². The van der Waals surface area contributed by atoms with Crippen LogP contribution in [0.5, 0.6) is 0 Å². The Labute approximate surface area is 98.8 Å². The zero-order valence-electron chi connectivity index (χ0n) is 9.62. The number of amides is 2. The first-order valence-electron chi connectivity index (χ1n) is 5.64. The topological polar surface area (TPSA) is 84.0 Å². The zero-order valence-corrected chi connectivity index (χ0v) is 9.62. The van der Waals surface area contributed by atoms with Crippen LogP contribution >= 0.6 is 0 Å². The number of carbonyl (C=O) groups is 2. The monoisotopic (exact) mass is 234 g/mol. The van der Waals surface area contributed by atoms with Gasteiger partial charge in [-0.25, -0.2) is 14.8 Å². The maximum absolute atomic E-state index is 11.5. The molecule has 1 heterocycles. The summed E-state index contributed by atoms with van der Waals surface area (Å²) in [7, 11) is 0. The van der Waals surface area contributed by atoms with Crippen LogP contribution in [0.3, 0.4) is 0 Å². The third-order valence-corrected chi connectivity index (χ3v) is 2.55. The molecule has 0 aliphatic heterocycles. The van der Waals surface area contributed by atoms with Crippen molar-refractivity contribution in [2.75, 3.05) is 11.9 Å². The van der Waals surface area contributed by atoms with Crippen LogP contribution in [-0.4, -0.2) is 28.3 Å². The van der Waals surface area contributed by atoms with Crippen molar-refractivity contribution in [2.45, 2.75) is 26.2 Å². The van der Waals surface area contributed by atoms with Crippen molar-refractivity contribution < 1.29 is 9.59 Å². The lowest BCUT2D eigenvalue weighted by atomic mass is 9.96. The van der Waals surface area contributed by atoms with E-state index in [4.69, 9.17) is 0 Å². The Balaban J connectivity index is 2.16. The van der Waals surface area contributed by atoms with E-state index >= 15 is 0 Å². The molecule has 0 spiro atoms. The molecule has 6 nitrogen and oxygen atoms in total. The number of hydrogen-bond acceptors (Lipinski definition) is 4. The van der Waals surface area contributed by atoms with Crippen LogP contribution in [0.1, 0.15) is 35.8 Å². The molecule has 0 unspecified atom stereocenters. The van der Waals surface area contributed by atoms with Gasteiger partial charge in [-0.3, -0.25) is 10.1 Å². The van der Waals surface area contributed by atoms with E-state index < -0.39 is 0 Å². The van der Waals surface area contributed by atoms with Gasteiger partial charge in [0.05, 0.1) is 11.3 Å². The van der Waals surface area contributed by atoms with E-state index in [1.807, 2.05) is 6.92 Å². The maximum atomic E-state index is 11.5. The average molecular weight is 234 g/mol. The number of aromatic nitrogens is 2. The summed E-state index contributed by atoms with van der Waals surface area (Å²) in [4.78, 5) is 31.0. The molecule has 1 aromatic heterocycles. The largest absolute Gasteiger partial charge is 0.338 e. The Morgan fingerprint density at radius 2 is 2.29 bits per heavy atom. The Kier molecular flexibility index (Phi) is 3.32. The number of anilines is 1. The summed E-state index contributed by atoms with van der Waals surface area (Å²) in [5, 5.41) is 5.11. The Hall–Kier alpha value is -1.98. The van der Waals surface area contributed by atoms with Crippen LogP contribution in [0.2, 0.25) is 0 Å². The molecule has 0 atom stereocenters. The molecular weight excluding hydrogens is 220 g/mol. The fraction of sp³-hybridized carbons (Fsp3) is 0.455. The van der Waals surface area contributed by atoms with E-state index in [2.05, 4.69) is 20.6 Å². The standard InChI is InChI=1S/C11H14N4O2/c1-2-12-11(17)15-10-13-6-7-8(14-10)4-3-5-9(7)16/h6H,2-5H2,1H3,(H2,12,13,14,15,17). The number of ketones is 1.